The first-order valence-corrected chi connectivity index (χ1v) is 10.1. The van der Waals surface area contributed by atoms with Crippen LogP contribution < -0.4 is 9.99 Å². The number of carbonyl (C=O) groups excluding carboxylic acids is 1. The van der Waals surface area contributed by atoms with E-state index in [4.69, 9.17) is 4.74 Å². The molecule has 2 heterocycles. The molecule has 0 bridgehead atoms. The van der Waals surface area contributed by atoms with E-state index in [1.54, 1.807) is 12.1 Å². The number of nitrogens with zero attached hydrogens (tertiary/aromatic N) is 1. The van der Waals surface area contributed by atoms with Crippen molar-refractivity contribution in [1.82, 2.24) is 5.32 Å². The van der Waals surface area contributed by atoms with Crippen LogP contribution in [-0.2, 0) is 9.53 Å². The molecule has 0 aliphatic carbocycles. The molecule has 1 N–H and O–H groups in total. The number of carbonyl (C=O) groups is 1. The van der Waals surface area contributed by atoms with Crippen molar-refractivity contribution in [2.24, 2.45) is 5.92 Å². The Labute approximate surface area is 138 Å². The van der Waals surface area contributed by atoms with Crippen molar-refractivity contribution in [1.29, 1.82) is 0 Å². The van der Waals surface area contributed by atoms with Gasteiger partial charge in [0.2, 0.25) is 0 Å². The average molecular weight is 338 g/mol. The summed E-state index contributed by atoms with van der Waals surface area (Å²) in [5.41, 5.74) is 2.26. The van der Waals surface area contributed by atoms with Gasteiger partial charge in [-0.2, -0.15) is 0 Å². The minimum atomic E-state index is -0.506. The minimum absolute atomic E-state index is 0.0162. The van der Waals surface area contributed by atoms with Gasteiger partial charge in [0.05, 0.1) is 13.0 Å². The number of hydrogen-bond acceptors (Lipinski definition) is 4. The highest BCUT2D eigenvalue weighted by Crippen LogP contribution is 2.48. The molecule has 0 aromatic heterocycles. The van der Waals surface area contributed by atoms with Crippen LogP contribution in [0.1, 0.15) is 24.3 Å². The van der Waals surface area contributed by atoms with Crippen molar-refractivity contribution in [3.63, 3.8) is 0 Å². The largest absolute Gasteiger partial charge is 0.469 e. The van der Waals surface area contributed by atoms with Crippen molar-refractivity contribution in [2.75, 3.05) is 44.2 Å². The number of hydrogen-bond donors (Lipinski definition) is 1. The summed E-state index contributed by atoms with van der Waals surface area (Å²) in [6, 6.07) is 5.18. The van der Waals surface area contributed by atoms with Gasteiger partial charge in [0.1, 0.15) is 5.82 Å². The molecule has 6 heteroatoms. The van der Waals surface area contributed by atoms with Gasteiger partial charge in [-0.3, -0.25) is 4.79 Å². The van der Waals surface area contributed by atoms with Gasteiger partial charge in [0, 0.05) is 18.8 Å². The van der Waals surface area contributed by atoms with Crippen molar-refractivity contribution in [3.8, 4) is 0 Å². The molecule has 2 aliphatic rings. The standard InChI is InChI=1S/C17H24FN2O2P/c1-22-17(21)13-6-8-20(23(2)11-13)16-9-14(18)3-4-15(16)12-5-7-19-10-12/h3-4,9,12-13,19H,5-8,10-11H2,1-2H3. The van der Waals surface area contributed by atoms with Gasteiger partial charge in [-0.05, 0) is 63.9 Å². The first-order chi connectivity index (χ1) is 11.1. The monoisotopic (exact) mass is 338 g/mol. The lowest BCUT2D eigenvalue weighted by molar-refractivity contribution is -0.144. The molecule has 2 aliphatic heterocycles. The van der Waals surface area contributed by atoms with Gasteiger partial charge in [0.15, 0.2) is 0 Å². The fourth-order valence-corrected chi connectivity index (χ4v) is 5.79. The van der Waals surface area contributed by atoms with Crippen LogP contribution in [0.3, 0.4) is 0 Å². The third-order valence-electron chi connectivity index (χ3n) is 4.89. The Balaban J connectivity index is 1.83. The van der Waals surface area contributed by atoms with Crippen LogP contribution in [0.15, 0.2) is 18.2 Å². The van der Waals surface area contributed by atoms with E-state index in [1.807, 2.05) is 6.07 Å². The van der Waals surface area contributed by atoms with Gasteiger partial charge in [-0.25, -0.2) is 4.39 Å². The topological polar surface area (TPSA) is 41.6 Å². The third-order valence-corrected chi connectivity index (χ3v) is 7.10. The van der Waals surface area contributed by atoms with Crippen LogP contribution in [0.5, 0.6) is 0 Å². The summed E-state index contributed by atoms with van der Waals surface area (Å²) >= 11 is 0. The maximum atomic E-state index is 13.9. The van der Waals surface area contributed by atoms with Crippen LogP contribution in [0.2, 0.25) is 0 Å². The summed E-state index contributed by atoms with van der Waals surface area (Å²) < 4.78 is 21.1. The number of benzene rings is 1. The van der Waals surface area contributed by atoms with Gasteiger partial charge in [-0.1, -0.05) is 6.07 Å². The zero-order valence-electron chi connectivity index (χ0n) is 13.7. The average Bonchev–Trinajstić information content (AvgIpc) is 3.08. The lowest BCUT2D eigenvalue weighted by atomic mass is 9.96. The van der Waals surface area contributed by atoms with Crippen LogP contribution in [0.4, 0.5) is 10.1 Å². The summed E-state index contributed by atoms with van der Waals surface area (Å²) in [5.74, 6) is 0.136. The van der Waals surface area contributed by atoms with Gasteiger partial charge >= 0.3 is 5.97 Å². The SMILES string of the molecule is COC(=O)C1CCN(c2cc(F)ccc2C2CCNC2)P(C)C1. The summed E-state index contributed by atoms with van der Waals surface area (Å²) in [4.78, 5) is 11.8. The second kappa shape index (κ2) is 7.14. The molecule has 3 unspecified atom stereocenters. The molecule has 2 saturated heterocycles. The van der Waals surface area contributed by atoms with E-state index in [-0.39, 0.29) is 17.7 Å². The Bertz CT molecular complexity index is 578. The van der Waals surface area contributed by atoms with Crippen LogP contribution >= 0.6 is 8.07 Å². The van der Waals surface area contributed by atoms with Gasteiger partial charge in [0.25, 0.3) is 0 Å². The molecule has 0 saturated carbocycles. The Kier molecular flexibility index (Phi) is 5.17. The molecular weight excluding hydrogens is 314 g/mol. The molecular formula is C17H24FN2O2P. The fraction of sp³-hybridized carbons (Fsp3) is 0.588. The molecule has 0 spiro atoms. The predicted molar refractivity (Wildman–Crippen MR) is 91.8 cm³/mol. The molecule has 23 heavy (non-hydrogen) atoms. The molecule has 1 aromatic rings. The van der Waals surface area contributed by atoms with Crippen molar-refractivity contribution < 1.29 is 13.9 Å². The van der Waals surface area contributed by atoms with Gasteiger partial charge in [-0.15, -0.1) is 0 Å². The normalized spacial score (nSPS) is 28.0. The highest BCUT2D eigenvalue weighted by molar-refractivity contribution is 7.58. The molecule has 0 radical (unpaired) electrons. The maximum absolute atomic E-state index is 13.9. The summed E-state index contributed by atoms with van der Waals surface area (Å²) in [6.07, 6.45) is 2.69. The lowest BCUT2D eigenvalue weighted by Gasteiger charge is -2.39. The Morgan fingerprint density at radius 2 is 2.26 bits per heavy atom. The van der Waals surface area contributed by atoms with E-state index >= 15 is 0 Å². The van der Waals surface area contributed by atoms with E-state index in [0.717, 1.165) is 44.3 Å². The number of rotatable bonds is 3. The smallest absolute Gasteiger partial charge is 0.309 e. The van der Waals surface area contributed by atoms with E-state index < -0.39 is 8.07 Å². The molecule has 3 rings (SSSR count). The highest BCUT2D eigenvalue weighted by Gasteiger charge is 2.32. The lowest BCUT2D eigenvalue weighted by Crippen LogP contribution is -2.34. The zero-order valence-corrected chi connectivity index (χ0v) is 14.6. The van der Waals surface area contributed by atoms with Crippen molar-refractivity contribution in [2.45, 2.75) is 18.8 Å². The van der Waals surface area contributed by atoms with Crippen LogP contribution in [-0.4, -0.2) is 45.5 Å². The predicted octanol–water partition coefficient (Wildman–Crippen LogP) is 2.93. The van der Waals surface area contributed by atoms with E-state index in [1.165, 1.54) is 12.7 Å². The Morgan fingerprint density at radius 1 is 1.43 bits per heavy atom. The van der Waals surface area contributed by atoms with E-state index in [9.17, 15) is 9.18 Å². The molecule has 1 aromatic carbocycles. The zero-order chi connectivity index (χ0) is 16.4. The maximum Gasteiger partial charge on any atom is 0.309 e. The highest BCUT2D eigenvalue weighted by atomic mass is 31.1. The summed E-state index contributed by atoms with van der Waals surface area (Å²) in [6.45, 7) is 4.94. The molecule has 0 amide bonds. The second-order valence-electron chi connectivity index (χ2n) is 6.36. The first kappa shape index (κ1) is 16.7. The number of esters is 1. The van der Waals surface area contributed by atoms with Crippen LogP contribution in [0.25, 0.3) is 0 Å². The quantitative estimate of drug-likeness (QED) is 0.680. The van der Waals surface area contributed by atoms with Crippen LogP contribution in [0, 0.1) is 11.7 Å². The van der Waals surface area contributed by atoms with Gasteiger partial charge < -0.3 is 14.7 Å². The van der Waals surface area contributed by atoms with Crippen molar-refractivity contribution >= 4 is 19.7 Å². The summed E-state index contributed by atoms with van der Waals surface area (Å²) in [5, 5.41) is 3.39. The number of nitrogens with one attached hydrogen (secondary N) is 1. The Hall–Kier alpha value is -1.19. The number of halogens is 1. The number of methoxy groups -OCH3 is 1. The Morgan fingerprint density at radius 3 is 2.91 bits per heavy atom. The first-order valence-electron chi connectivity index (χ1n) is 8.16. The molecule has 4 nitrogen and oxygen atoms in total. The summed E-state index contributed by atoms with van der Waals surface area (Å²) in [7, 11) is 0.942. The molecule has 2 fully saturated rings. The van der Waals surface area contributed by atoms with E-state index in [0.29, 0.717) is 5.92 Å². The van der Waals surface area contributed by atoms with Crippen molar-refractivity contribution in [3.05, 3.63) is 29.6 Å². The molecule has 3 atom stereocenters. The third kappa shape index (κ3) is 3.51. The number of anilines is 1. The van der Waals surface area contributed by atoms with E-state index in [2.05, 4.69) is 16.7 Å². The second-order valence-corrected chi connectivity index (χ2v) is 8.53. The molecule has 126 valence electrons. The number of ether oxygens (including phenoxy) is 1. The fourth-order valence-electron chi connectivity index (χ4n) is 3.63. The minimum Gasteiger partial charge on any atom is -0.469 e.